The number of rotatable bonds is 15. The fraction of sp³-hybridized carbons (Fsp3) is 0.140. The topological polar surface area (TPSA) is 67.8 Å². The molecular weight excluding hydrogens is 807 g/mol. The Morgan fingerprint density at radius 1 is 0.593 bits per heavy atom. The van der Waals surface area contributed by atoms with Crippen molar-refractivity contribution in [1.82, 2.24) is 5.32 Å². The Morgan fingerprint density at radius 3 is 1.66 bits per heavy atom. The molecule has 0 unspecified atom stereocenters. The van der Waals surface area contributed by atoms with E-state index in [1.165, 1.54) is 51.5 Å². The molecule has 0 aliphatic heterocycles. The van der Waals surface area contributed by atoms with Crippen LogP contribution in [-0.2, 0) is 4.74 Å². The normalized spacial score (nSPS) is 11.7. The zero-order chi connectivity index (χ0) is 40.0. The van der Waals surface area contributed by atoms with Gasteiger partial charge in [-0.15, -0.1) is 46.2 Å². The van der Waals surface area contributed by atoms with E-state index in [0.717, 1.165) is 26.7 Å². The molecule has 2 heterocycles. The number of thioether (sulfide) groups is 2. The highest BCUT2D eigenvalue weighted by Gasteiger charge is 2.32. The number of carbonyl (C=O) groups is 1. The first-order valence-electron chi connectivity index (χ1n) is 19.5. The minimum absolute atomic E-state index is 0.0520. The van der Waals surface area contributed by atoms with Gasteiger partial charge >= 0.3 is 6.09 Å². The van der Waals surface area contributed by atoms with Crippen LogP contribution in [0.15, 0.2) is 174 Å². The zero-order valence-electron chi connectivity index (χ0n) is 32.1. The molecule has 0 aliphatic rings. The van der Waals surface area contributed by atoms with Crippen LogP contribution in [-0.4, -0.2) is 49.1 Å². The van der Waals surface area contributed by atoms with E-state index in [2.05, 4.69) is 139 Å². The van der Waals surface area contributed by atoms with Gasteiger partial charge in [0.05, 0.1) is 13.2 Å². The van der Waals surface area contributed by atoms with Crippen molar-refractivity contribution in [2.75, 3.05) is 37.9 Å². The molecule has 7 aromatic carbocycles. The molecule has 1 amide bonds. The summed E-state index contributed by atoms with van der Waals surface area (Å²) >= 11 is 7.01. The number of ether oxygens (including phenoxy) is 2. The predicted octanol–water partition coefficient (Wildman–Crippen LogP) is 13.4. The summed E-state index contributed by atoms with van der Waals surface area (Å²) in [4.78, 5) is 15.2. The van der Waals surface area contributed by atoms with Gasteiger partial charge in [0, 0.05) is 67.1 Å². The van der Waals surface area contributed by atoms with Gasteiger partial charge < -0.3 is 19.9 Å². The van der Waals surface area contributed by atoms with Gasteiger partial charge in [0.1, 0.15) is 19.0 Å². The second kappa shape index (κ2) is 17.9. The van der Waals surface area contributed by atoms with Gasteiger partial charge in [-0.25, -0.2) is 4.79 Å². The molecular formula is C50H41NO4S4. The standard InChI is InChI=1S/C50H41NO4S4/c52-30-50(31-55-49(53)51-26-27-54-36-14-2-1-3-15-36,32-56-37-16-8-12-34(28-37)39-20-10-22-43-41-18-4-6-24-45(41)58-47(39)43)33-57-38-17-9-13-35(29-38)40-21-11-23-44-42-19-5-7-25-46(42)59-48(40)44/h1-25,28-29,52H,26-27,30-33H2,(H,51,53). The second-order valence-electron chi connectivity index (χ2n) is 14.5. The van der Waals surface area contributed by atoms with Crippen molar-refractivity contribution in [2.45, 2.75) is 9.79 Å². The smallest absolute Gasteiger partial charge is 0.407 e. The maximum absolute atomic E-state index is 13.0. The number of fused-ring (bicyclic) bond motifs is 6. The number of para-hydroxylation sites is 1. The highest BCUT2D eigenvalue weighted by atomic mass is 32.2. The van der Waals surface area contributed by atoms with Crippen molar-refractivity contribution in [1.29, 1.82) is 0 Å². The van der Waals surface area contributed by atoms with Gasteiger partial charge in [0.2, 0.25) is 0 Å². The average molecular weight is 848 g/mol. The van der Waals surface area contributed by atoms with E-state index < -0.39 is 11.5 Å². The summed E-state index contributed by atoms with van der Waals surface area (Å²) in [7, 11) is 0. The molecule has 294 valence electrons. The van der Waals surface area contributed by atoms with Gasteiger partial charge in [0.15, 0.2) is 0 Å². The molecule has 0 saturated heterocycles. The van der Waals surface area contributed by atoms with Gasteiger partial charge in [-0.1, -0.05) is 115 Å². The third kappa shape index (κ3) is 8.72. The minimum atomic E-state index is -0.740. The highest BCUT2D eigenvalue weighted by molar-refractivity contribution is 8.00. The summed E-state index contributed by atoms with van der Waals surface area (Å²) < 4.78 is 16.7. The molecule has 2 N–H and O–H groups in total. The molecule has 9 heteroatoms. The van der Waals surface area contributed by atoms with Crippen molar-refractivity contribution >= 4 is 92.6 Å². The van der Waals surface area contributed by atoms with Gasteiger partial charge in [-0.2, -0.15) is 0 Å². The molecule has 9 rings (SSSR count). The second-order valence-corrected chi connectivity index (χ2v) is 18.7. The molecule has 0 bridgehead atoms. The molecule has 59 heavy (non-hydrogen) atoms. The van der Waals surface area contributed by atoms with E-state index in [-0.39, 0.29) is 13.2 Å². The molecule has 0 saturated carbocycles. The van der Waals surface area contributed by atoms with E-state index in [1.54, 1.807) is 23.5 Å². The zero-order valence-corrected chi connectivity index (χ0v) is 35.4. The Labute approximate surface area is 360 Å². The van der Waals surface area contributed by atoms with Crippen LogP contribution in [0.1, 0.15) is 0 Å². The fourth-order valence-corrected chi connectivity index (χ4v) is 12.2. The van der Waals surface area contributed by atoms with E-state index >= 15 is 0 Å². The number of benzene rings is 7. The molecule has 0 aliphatic carbocycles. The van der Waals surface area contributed by atoms with Crippen LogP contribution in [0.5, 0.6) is 5.75 Å². The number of carbonyl (C=O) groups excluding carboxylic acids is 1. The molecule has 9 aromatic rings. The summed E-state index contributed by atoms with van der Waals surface area (Å²) in [5, 5.41) is 19.1. The minimum Gasteiger partial charge on any atom is -0.492 e. The van der Waals surface area contributed by atoms with Crippen LogP contribution < -0.4 is 10.1 Å². The first-order chi connectivity index (χ1) is 29.1. The van der Waals surface area contributed by atoms with Crippen molar-refractivity contribution in [3.8, 4) is 28.0 Å². The number of hydrogen-bond donors (Lipinski definition) is 2. The average Bonchev–Trinajstić information content (AvgIpc) is 3.87. The van der Waals surface area contributed by atoms with E-state index in [9.17, 15) is 9.90 Å². The van der Waals surface area contributed by atoms with Crippen molar-refractivity contribution in [2.24, 2.45) is 5.41 Å². The summed E-state index contributed by atoms with van der Waals surface area (Å²) in [5.74, 6) is 1.82. The summed E-state index contributed by atoms with van der Waals surface area (Å²) in [6, 6.07) is 57.0. The molecule has 2 aromatic heterocycles. The van der Waals surface area contributed by atoms with Gasteiger partial charge in [-0.3, -0.25) is 0 Å². The lowest BCUT2D eigenvalue weighted by Crippen LogP contribution is -2.39. The Morgan fingerprint density at radius 2 is 1.10 bits per heavy atom. The Hall–Kier alpha value is -5.29. The highest BCUT2D eigenvalue weighted by Crippen LogP contribution is 2.43. The van der Waals surface area contributed by atoms with Crippen molar-refractivity contribution < 1.29 is 19.4 Å². The van der Waals surface area contributed by atoms with Crippen LogP contribution in [0, 0.1) is 5.41 Å². The van der Waals surface area contributed by atoms with Crippen LogP contribution in [0.3, 0.4) is 0 Å². The lowest BCUT2D eigenvalue weighted by molar-refractivity contribution is 0.0661. The first-order valence-corrected chi connectivity index (χ1v) is 23.1. The number of amides is 1. The number of aliphatic hydroxyl groups excluding tert-OH is 1. The SMILES string of the molecule is O=C(NCCOc1ccccc1)OCC(CO)(CSc1cccc(-c2cccc3c2sc2ccccc23)c1)CSc1cccc(-c2cccc3c2sc2ccccc23)c1. The van der Waals surface area contributed by atoms with E-state index in [1.807, 2.05) is 53.0 Å². The lowest BCUT2D eigenvalue weighted by atomic mass is 9.96. The van der Waals surface area contributed by atoms with Crippen LogP contribution in [0.2, 0.25) is 0 Å². The van der Waals surface area contributed by atoms with Gasteiger partial charge in [-0.05, 0) is 70.8 Å². The molecule has 0 fully saturated rings. The molecule has 5 nitrogen and oxygen atoms in total. The summed E-state index contributed by atoms with van der Waals surface area (Å²) in [6.07, 6.45) is -0.536. The van der Waals surface area contributed by atoms with Crippen LogP contribution >= 0.6 is 46.2 Å². The molecule has 0 spiro atoms. The number of alkyl carbamates (subject to hydrolysis) is 1. The van der Waals surface area contributed by atoms with Gasteiger partial charge in [0.25, 0.3) is 0 Å². The monoisotopic (exact) mass is 847 g/mol. The summed E-state index contributed by atoms with van der Waals surface area (Å²) in [6.45, 7) is 0.504. The van der Waals surface area contributed by atoms with E-state index in [0.29, 0.717) is 24.7 Å². The molecule has 0 radical (unpaired) electrons. The predicted molar refractivity (Wildman–Crippen MR) is 252 cm³/mol. The number of thiophene rings is 2. The van der Waals surface area contributed by atoms with Crippen molar-refractivity contribution in [3.63, 3.8) is 0 Å². The Kier molecular flexibility index (Phi) is 11.9. The maximum Gasteiger partial charge on any atom is 0.407 e. The lowest BCUT2D eigenvalue weighted by Gasteiger charge is -2.31. The molecule has 0 atom stereocenters. The van der Waals surface area contributed by atoms with Crippen LogP contribution in [0.4, 0.5) is 4.79 Å². The quantitative estimate of drug-likeness (QED) is 0.0791. The Balaban J connectivity index is 0.942. The number of aliphatic hydroxyl groups is 1. The third-order valence-electron chi connectivity index (χ3n) is 10.4. The number of nitrogens with one attached hydrogen (secondary N) is 1. The summed E-state index contributed by atoms with van der Waals surface area (Å²) in [5.41, 5.74) is 3.97. The third-order valence-corrected chi connectivity index (χ3v) is 15.5. The largest absolute Gasteiger partial charge is 0.492 e. The first kappa shape index (κ1) is 39.2. The van der Waals surface area contributed by atoms with E-state index in [4.69, 9.17) is 9.47 Å². The Bertz CT molecular complexity index is 2730. The van der Waals surface area contributed by atoms with Crippen LogP contribution in [0.25, 0.3) is 62.6 Å². The maximum atomic E-state index is 13.0. The number of hydrogen-bond acceptors (Lipinski definition) is 8. The fourth-order valence-electron chi connectivity index (χ4n) is 7.30. The van der Waals surface area contributed by atoms with Crippen molar-refractivity contribution in [3.05, 3.63) is 164 Å².